The molecule has 0 spiro atoms. The lowest BCUT2D eigenvalue weighted by atomic mass is 9.76. The summed E-state index contributed by atoms with van der Waals surface area (Å²) < 4.78 is 40.8. The fourth-order valence-corrected chi connectivity index (χ4v) is 4.12. The van der Waals surface area contributed by atoms with Gasteiger partial charge in [-0.25, -0.2) is 18.4 Å². The molecule has 9 heteroatoms. The van der Waals surface area contributed by atoms with Crippen LogP contribution >= 0.6 is 0 Å². The lowest BCUT2D eigenvalue weighted by Crippen LogP contribution is -2.57. The lowest BCUT2D eigenvalue weighted by molar-refractivity contribution is -0.0219. The van der Waals surface area contributed by atoms with Gasteiger partial charge in [0.05, 0.1) is 13.1 Å². The summed E-state index contributed by atoms with van der Waals surface area (Å²) in [6.45, 7) is 16.0. The van der Waals surface area contributed by atoms with Crippen LogP contribution in [0.5, 0.6) is 0 Å². The molecular weight excluding hydrogens is 432 g/mol. The second kappa shape index (κ2) is 9.92. The van der Waals surface area contributed by atoms with Gasteiger partial charge in [-0.2, -0.15) is 0 Å². The Bertz CT molecular complexity index is 651. The Morgan fingerprint density at radius 2 is 1.15 bits per heavy atom. The van der Waals surface area contributed by atoms with Crippen LogP contribution in [0.1, 0.15) is 68.2 Å². The van der Waals surface area contributed by atoms with Crippen molar-refractivity contribution in [3.8, 4) is 0 Å². The van der Waals surface area contributed by atoms with E-state index in [0.29, 0.717) is 39.0 Å². The predicted octanol–water partition coefficient (Wildman–Crippen LogP) is 4.55. The van der Waals surface area contributed by atoms with E-state index in [1.165, 1.54) is 9.80 Å². The third kappa shape index (κ3) is 7.69. The molecule has 0 bridgehead atoms. The van der Waals surface area contributed by atoms with E-state index >= 15 is 8.78 Å². The lowest BCUT2D eigenvalue weighted by Gasteiger charge is -2.45. The predicted molar refractivity (Wildman–Crippen MR) is 124 cm³/mol. The van der Waals surface area contributed by atoms with Crippen LogP contribution in [0.3, 0.4) is 0 Å². The first-order valence-corrected chi connectivity index (χ1v) is 11.9. The van der Waals surface area contributed by atoms with Crippen LogP contribution in [-0.2, 0) is 9.47 Å². The number of nitrogens with one attached hydrogen (secondary N) is 1. The molecule has 4 atom stereocenters. The minimum absolute atomic E-state index is 0.0130. The first-order valence-electron chi connectivity index (χ1n) is 11.9. The molecule has 2 saturated heterocycles. The summed E-state index contributed by atoms with van der Waals surface area (Å²) >= 11 is 0. The van der Waals surface area contributed by atoms with Crippen LogP contribution in [-0.4, -0.2) is 84.8 Å². The van der Waals surface area contributed by atoms with Gasteiger partial charge >= 0.3 is 12.2 Å². The Hall–Kier alpha value is -1.64. The maximum absolute atomic E-state index is 15.1. The quantitative estimate of drug-likeness (QED) is 0.646. The van der Waals surface area contributed by atoms with Crippen molar-refractivity contribution in [1.29, 1.82) is 0 Å². The minimum Gasteiger partial charge on any atom is -0.444 e. The molecule has 1 N–H and O–H groups in total. The average Bonchev–Trinajstić information content (AvgIpc) is 2.63. The average molecular weight is 476 g/mol. The van der Waals surface area contributed by atoms with Gasteiger partial charge in [0, 0.05) is 37.0 Å². The van der Waals surface area contributed by atoms with Gasteiger partial charge in [-0.1, -0.05) is 13.8 Å². The van der Waals surface area contributed by atoms with Crippen molar-refractivity contribution in [3.05, 3.63) is 0 Å². The molecule has 7 nitrogen and oxygen atoms in total. The normalized spacial score (nSPS) is 31.3. The van der Waals surface area contributed by atoms with Crippen molar-refractivity contribution >= 4 is 12.2 Å². The van der Waals surface area contributed by atoms with Crippen molar-refractivity contribution in [3.63, 3.8) is 0 Å². The first kappa shape index (κ1) is 27.6. The molecule has 0 aromatic heterocycles. The van der Waals surface area contributed by atoms with Crippen LogP contribution in [0.15, 0.2) is 0 Å². The van der Waals surface area contributed by atoms with E-state index in [4.69, 9.17) is 9.47 Å². The van der Waals surface area contributed by atoms with E-state index in [2.05, 4.69) is 5.32 Å². The number of amides is 2. The van der Waals surface area contributed by atoms with Gasteiger partial charge in [-0.15, -0.1) is 0 Å². The summed E-state index contributed by atoms with van der Waals surface area (Å²) in [5.41, 5.74) is -2.55. The maximum Gasteiger partial charge on any atom is 0.410 e. The molecule has 2 fully saturated rings. The molecule has 0 unspecified atom stereocenters. The smallest absolute Gasteiger partial charge is 0.410 e. The molecule has 2 aliphatic heterocycles. The summed E-state index contributed by atoms with van der Waals surface area (Å²) in [5.74, 6) is 0. The monoisotopic (exact) mass is 475 g/mol. The molecule has 0 aromatic rings. The zero-order valence-corrected chi connectivity index (χ0v) is 21.6. The third-order valence-corrected chi connectivity index (χ3v) is 6.54. The Balaban J connectivity index is 1.84. The van der Waals surface area contributed by atoms with Gasteiger partial charge in [-0.3, -0.25) is 0 Å². The number of ether oxygens (including phenoxy) is 2. The van der Waals surface area contributed by atoms with Crippen molar-refractivity contribution in [2.24, 2.45) is 10.8 Å². The second-order valence-corrected chi connectivity index (χ2v) is 12.2. The van der Waals surface area contributed by atoms with Gasteiger partial charge in [0.2, 0.25) is 0 Å². The largest absolute Gasteiger partial charge is 0.444 e. The molecular formula is C24H43F2N3O4. The molecule has 0 aliphatic carbocycles. The Morgan fingerprint density at radius 1 is 0.818 bits per heavy atom. The van der Waals surface area contributed by atoms with E-state index < -0.39 is 46.6 Å². The first-order chi connectivity index (χ1) is 14.9. The summed E-state index contributed by atoms with van der Waals surface area (Å²) in [6.07, 6.45) is -2.44. The highest BCUT2D eigenvalue weighted by Gasteiger charge is 2.44. The Kier molecular flexibility index (Phi) is 8.30. The van der Waals surface area contributed by atoms with Crippen molar-refractivity contribution in [1.82, 2.24) is 15.1 Å². The number of likely N-dealkylation sites (tertiary alicyclic amines) is 2. The summed E-state index contributed by atoms with van der Waals surface area (Å²) in [4.78, 5) is 27.4. The number of nitrogens with zero attached hydrogens (tertiary/aromatic N) is 2. The second-order valence-electron chi connectivity index (χ2n) is 12.2. The Labute approximate surface area is 197 Å². The number of halogens is 2. The highest BCUT2D eigenvalue weighted by atomic mass is 19.1. The van der Waals surface area contributed by atoms with E-state index in [-0.39, 0.29) is 13.1 Å². The SMILES string of the molecule is CC(C)(C)OC(=O)N1CC[C@@](C)(CNC[C@@]2(C)CCN(C(=O)OC(C)(C)C)C[C@@H]2F)[C@@H](F)C1. The zero-order valence-electron chi connectivity index (χ0n) is 21.6. The van der Waals surface area contributed by atoms with Gasteiger partial charge in [0.15, 0.2) is 0 Å². The van der Waals surface area contributed by atoms with Gasteiger partial charge < -0.3 is 24.6 Å². The Morgan fingerprint density at radius 3 is 1.42 bits per heavy atom. The fourth-order valence-electron chi connectivity index (χ4n) is 4.12. The minimum atomic E-state index is -1.21. The fraction of sp³-hybridized carbons (Fsp3) is 0.917. The molecule has 2 amide bonds. The van der Waals surface area contributed by atoms with Crippen molar-refractivity contribution in [2.75, 3.05) is 39.3 Å². The number of alkyl halides is 2. The third-order valence-electron chi connectivity index (χ3n) is 6.54. The molecule has 33 heavy (non-hydrogen) atoms. The molecule has 2 heterocycles. The molecule has 2 rings (SSSR count). The van der Waals surface area contributed by atoms with E-state index in [0.717, 1.165) is 0 Å². The zero-order chi connectivity index (χ0) is 25.2. The van der Waals surface area contributed by atoms with Crippen LogP contribution in [0.2, 0.25) is 0 Å². The van der Waals surface area contributed by atoms with Crippen LogP contribution < -0.4 is 5.32 Å². The van der Waals surface area contributed by atoms with Gasteiger partial charge in [0.25, 0.3) is 0 Å². The summed E-state index contributed by atoms with van der Waals surface area (Å²) in [5, 5.41) is 3.28. The number of hydrogen-bond acceptors (Lipinski definition) is 5. The number of carbonyl (C=O) groups is 2. The number of rotatable bonds is 4. The van der Waals surface area contributed by atoms with Crippen LogP contribution in [0.25, 0.3) is 0 Å². The topological polar surface area (TPSA) is 71.1 Å². The van der Waals surface area contributed by atoms with Crippen molar-refractivity contribution < 1.29 is 27.8 Å². The van der Waals surface area contributed by atoms with Crippen molar-refractivity contribution in [2.45, 2.75) is 91.8 Å². The number of piperidine rings is 2. The van der Waals surface area contributed by atoms with E-state index in [1.54, 1.807) is 41.5 Å². The van der Waals surface area contributed by atoms with Crippen LogP contribution in [0.4, 0.5) is 18.4 Å². The molecule has 192 valence electrons. The molecule has 2 aliphatic rings. The number of carbonyl (C=O) groups excluding carboxylic acids is 2. The van der Waals surface area contributed by atoms with E-state index in [9.17, 15) is 9.59 Å². The standard InChI is InChI=1S/C24H43F2N3O4/c1-21(2,3)32-19(30)28-11-9-23(7,17(25)13-28)15-27-16-24(8)10-12-29(14-18(24)26)20(31)33-22(4,5)6/h17-18,27H,9-16H2,1-8H3/t17-,18-,23-,24+/m0/s1. The summed E-state index contributed by atoms with van der Waals surface area (Å²) in [7, 11) is 0. The van der Waals surface area contributed by atoms with Gasteiger partial charge in [-0.05, 0) is 54.4 Å². The van der Waals surface area contributed by atoms with Crippen LogP contribution in [0, 0.1) is 10.8 Å². The summed E-state index contributed by atoms with van der Waals surface area (Å²) in [6, 6.07) is 0. The number of hydrogen-bond donors (Lipinski definition) is 1. The van der Waals surface area contributed by atoms with Gasteiger partial charge in [0.1, 0.15) is 23.5 Å². The highest BCUT2D eigenvalue weighted by Crippen LogP contribution is 2.36. The molecule has 0 saturated carbocycles. The van der Waals surface area contributed by atoms with E-state index in [1.807, 2.05) is 13.8 Å². The molecule has 0 aromatic carbocycles. The highest BCUT2D eigenvalue weighted by molar-refractivity contribution is 5.68. The molecule has 0 radical (unpaired) electrons. The maximum atomic E-state index is 15.1.